The fourth-order valence-electron chi connectivity index (χ4n) is 11.0. The molecular formula is C63H42N2. The zero-order chi connectivity index (χ0) is 43.2. The van der Waals surface area contributed by atoms with E-state index < -0.39 is 0 Å². The van der Waals surface area contributed by atoms with Gasteiger partial charge in [0.2, 0.25) is 0 Å². The first-order valence-electron chi connectivity index (χ1n) is 22.6. The maximum atomic E-state index is 5.41. The SMILES string of the molecule is CC1(C)c2cc3ccccc3cc2-c2c(-c3c4ccccc4c(-c4cccc(-c5nc(-c6cccc7ccccc67)cc(-c6cccc7ccccc67)n5)c4)c4ccccc34)cccc21. The summed E-state index contributed by atoms with van der Waals surface area (Å²) in [7, 11) is 0. The van der Waals surface area contributed by atoms with E-state index in [0.717, 1.165) is 33.6 Å². The second-order valence-corrected chi connectivity index (χ2v) is 18.0. The van der Waals surface area contributed by atoms with Crippen LogP contribution in [0.25, 0.3) is 121 Å². The molecule has 13 rings (SSSR count). The van der Waals surface area contributed by atoms with Gasteiger partial charge >= 0.3 is 0 Å². The van der Waals surface area contributed by atoms with Gasteiger partial charge in [-0.25, -0.2) is 9.97 Å². The summed E-state index contributed by atoms with van der Waals surface area (Å²) in [5.74, 6) is 0.694. The lowest BCUT2D eigenvalue weighted by molar-refractivity contribution is 0.661. The molecule has 1 aliphatic carbocycles. The van der Waals surface area contributed by atoms with Crippen molar-refractivity contribution in [2.75, 3.05) is 0 Å². The molecule has 0 spiro atoms. The maximum Gasteiger partial charge on any atom is 0.160 e. The molecule has 0 aliphatic heterocycles. The van der Waals surface area contributed by atoms with Crippen molar-refractivity contribution < 1.29 is 0 Å². The Morgan fingerprint density at radius 2 is 0.738 bits per heavy atom. The van der Waals surface area contributed by atoms with Gasteiger partial charge in [-0.05, 0) is 123 Å². The summed E-state index contributed by atoms with van der Waals surface area (Å²) < 4.78 is 0. The Hall–Kier alpha value is -8.20. The van der Waals surface area contributed by atoms with Gasteiger partial charge in [-0.1, -0.05) is 208 Å². The molecule has 1 aromatic heterocycles. The largest absolute Gasteiger partial charge is 0.228 e. The van der Waals surface area contributed by atoms with E-state index in [0.29, 0.717) is 5.82 Å². The van der Waals surface area contributed by atoms with Crippen LogP contribution in [-0.2, 0) is 5.41 Å². The Kier molecular flexibility index (Phi) is 8.29. The molecule has 0 fully saturated rings. The highest BCUT2D eigenvalue weighted by atomic mass is 14.9. The summed E-state index contributed by atoms with van der Waals surface area (Å²) in [6, 6.07) is 79.7. The first-order chi connectivity index (χ1) is 32.0. The van der Waals surface area contributed by atoms with Crippen LogP contribution in [0.5, 0.6) is 0 Å². The van der Waals surface area contributed by atoms with Gasteiger partial charge in [0.05, 0.1) is 11.4 Å². The Balaban J connectivity index is 1.04. The molecule has 0 saturated carbocycles. The molecule has 1 heterocycles. The van der Waals surface area contributed by atoms with Crippen LogP contribution in [0.15, 0.2) is 218 Å². The van der Waals surface area contributed by atoms with Crippen LogP contribution in [0.1, 0.15) is 25.0 Å². The Bertz CT molecular complexity index is 3770. The topological polar surface area (TPSA) is 25.8 Å². The van der Waals surface area contributed by atoms with E-state index in [4.69, 9.17) is 9.97 Å². The zero-order valence-electron chi connectivity index (χ0n) is 36.2. The number of benzene rings is 11. The van der Waals surface area contributed by atoms with Crippen LogP contribution in [0.2, 0.25) is 0 Å². The quantitative estimate of drug-likeness (QED) is 0.162. The lowest BCUT2D eigenvalue weighted by Crippen LogP contribution is -2.14. The van der Waals surface area contributed by atoms with Crippen LogP contribution in [0, 0.1) is 0 Å². The highest BCUT2D eigenvalue weighted by Gasteiger charge is 2.37. The molecule has 0 bridgehead atoms. The van der Waals surface area contributed by atoms with Crippen molar-refractivity contribution in [3.63, 3.8) is 0 Å². The smallest absolute Gasteiger partial charge is 0.160 e. The van der Waals surface area contributed by atoms with Crippen molar-refractivity contribution in [1.29, 1.82) is 0 Å². The molecule has 0 atom stereocenters. The number of aromatic nitrogens is 2. The summed E-state index contributed by atoms with van der Waals surface area (Å²) in [6.07, 6.45) is 0. The molecule has 304 valence electrons. The second-order valence-electron chi connectivity index (χ2n) is 18.0. The van der Waals surface area contributed by atoms with Gasteiger partial charge in [-0.2, -0.15) is 0 Å². The minimum atomic E-state index is -0.142. The highest BCUT2D eigenvalue weighted by molar-refractivity contribution is 6.23. The Labute approximate surface area is 378 Å². The number of rotatable bonds is 5. The van der Waals surface area contributed by atoms with E-state index in [2.05, 4.69) is 232 Å². The van der Waals surface area contributed by atoms with Crippen molar-refractivity contribution in [3.05, 3.63) is 230 Å². The van der Waals surface area contributed by atoms with Crippen molar-refractivity contribution in [3.8, 4) is 67.3 Å². The molecule has 0 N–H and O–H groups in total. The third kappa shape index (κ3) is 5.81. The van der Waals surface area contributed by atoms with Crippen LogP contribution in [0.4, 0.5) is 0 Å². The van der Waals surface area contributed by atoms with E-state index in [1.165, 1.54) is 92.8 Å². The monoisotopic (exact) mass is 826 g/mol. The molecule has 11 aromatic carbocycles. The molecule has 1 aliphatic rings. The van der Waals surface area contributed by atoms with Gasteiger partial charge in [0.15, 0.2) is 5.82 Å². The summed E-state index contributed by atoms with van der Waals surface area (Å²) in [4.78, 5) is 10.8. The van der Waals surface area contributed by atoms with Crippen LogP contribution in [-0.4, -0.2) is 9.97 Å². The predicted octanol–water partition coefficient (Wildman–Crippen LogP) is 16.9. The van der Waals surface area contributed by atoms with Crippen molar-refractivity contribution in [1.82, 2.24) is 9.97 Å². The summed E-state index contributed by atoms with van der Waals surface area (Å²) in [5, 5.41) is 12.2. The van der Waals surface area contributed by atoms with E-state index in [1.807, 2.05) is 0 Å². The van der Waals surface area contributed by atoms with Gasteiger partial charge in [0, 0.05) is 22.1 Å². The first kappa shape index (κ1) is 37.4. The number of nitrogens with zero attached hydrogens (tertiary/aromatic N) is 2. The minimum Gasteiger partial charge on any atom is -0.228 e. The van der Waals surface area contributed by atoms with Crippen LogP contribution < -0.4 is 0 Å². The first-order valence-corrected chi connectivity index (χ1v) is 22.6. The molecule has 0 unspecified atom stereocenters. The van der Waals surface area contributed by atoms with Gasteiger partial charge in [0.1, 0.15) is 0 Å². The normalized spacial score (nSPS) is 12.9. The lowest BCUT2D eigenvalue weighted by atomic mass is 9.80. The van der Waals surface area contributed by atoms with E-state index >= 15 is 0 Å². The molecule has 2 nitrogen and oxygen atoms in total. The van der Waals surface area contributed by atoms with Crippen molar-refractivity contribution in [2.45, 2.75) is 19.3 Å². The molecule has 12 aromatic rings. The Morgan fingerprint density at radius 3 is 1.34 bits per heavy atom. The molecule has 0 saturated heterocycles. The van der Waals surface area contributed by atoms with Gasteiger partial charge in [-0.15, -0.1) is 0 Å². The number of fused-ring (bicyclic) bond motifs is 8. The molecule has 0 amide bonds. The molecule has 65 heavy (non-hydrogen) atoms. The third-order valence-corrected chi connectivity index (χ3v) is 14.0. The average molecular weight is 827 g/mol. The molecule has 0 radical (unpaired) electrons. The van der Waals surface area contributed by atoms with Crippen molar-refractivity contribution >= 4 is 53.9 Å². The summed E-state index contributed by atoms with van der Waals surface area (Å²) in [5.41, 5.74) is 15.1. The van der Waals surface area contributed by atoms with Gasteiger partial charge in [-0.3, -0.25) is 0 Å². The molecule has 2 heteroatoms. The number of hydrogen-bond donors (Lipinski definition) is 0. The van der Waals surface area contributed by atoms with E-state index in [-0.39, 0.29) is 5.41 Å². The maximum absolute atomic E-state index is 5.41. The van der Waals surface area contributed by atoms with Crippen LogP contribution >= 0.6 is 0 Å². The standard InChI is InChI=1S/C63H42N2/c1-63(2)55-34-16-33-53(61(55)54-36-41-19-3-4-20-42(41)37-56(54)63)60-51-29-11-9-27-49(51)59(50-28-10-12-30-52(50)60)43-23-13-24-44(35-43)62-64-57(47-31-14-21-39-17-5-7-25-45(39)47)38-58(65-62)48-32-15-22-40-18-6-8-26-46(40)48/h3-38H,1-2H3. The number of hydrogen-bond acceptors (Lipinski definition) is 2. The van der Waals surface area contributed by atoms with E-state index in [9.17, 15) is 0 Å². The Morgan fingerprint density at radius 1 is 0.292 bits per heavy atom. The lowest BCUT2D eigenvalue weighted by Gasteiger charge is -2.23. The van der Waals surface area contributed by atoms with Crippen LogP contribution in [0.3, 0.4) is 0 Å². The average Bonchev–Trinajstić information content (AvgIpc) is 3.59. The van der Waals surface area contributed by atoms with Gasteiger partial charge < -0.3 is 0 Å². The summed E-state index contributed by atoms with van der Waals surface area (Å²) >= 11 is 0. The second kappa shape index (κ2) is 14.4. The fraction of sp³-hybridized carbons (Fsp3) is 0.0476. The molecular weight excluding hydrogens is 785 g/mol. The van der Waals surface area contributed by atoms with Gasteiger partial charge in [0.25, 0.3) is 0 Å². The van der Waals surface area contributed by atoms with E-state index in [1.54, 1.807) is 0 Å². The van der Waals surface area contributed by atoms with Crippen molar-refractivity contribution in [2.24, 2.45) is 0 Å². The zero-order valence-corrected chi connectivity index (χ0v) is 36.2. The third-order valence-electron chi connectivity index (χ3n) is 14.0. The fourth-order valence-corrected chi connectivity index (χ4v) is 11.0. The summed E-state index contributed by atoms with van der Waals surface area (Å²) in [6.45, 7) is 4.77. The minimum absolute atomic E-state index is 0.142. The predicted molar refractivity (Wildman–Crippen MR) is 274 cm³/mol. The highest BCUT2D eigenvalue weighted by Crippen LogP contribution is 2.55.